The number of esters is 1. The van der Waals surface area contributed by atoms with Crippen LogP contribution in [-0.2, 0) is 20.9 Å². The minimum atomic E-state index is -0.649. The first kappa shape index (κ1) is 22.4. The van der Waals surface area contributed by atoms with Gasteiger partial charge in [0, 0.05) is 5.56 Å². The summed E-state index contributed by atoms with van der Waals surface area (Å²) in [5.41, 5.74) is 1.00. The quantitative estimate of drug-likeness (QED) is 0.448. The van der Waals surface area contributed by atoms with Crippen LogP contribution in [0.4, 0.5) is 9.18 Å². The van der Waals surface area contributed by atoms with Crippen LogP contribution in [0.1, 0.15) is 18.1 Å². The van der Waals surface area contributed by atoms with Gasteiger partial charge in [0.1, 0.15) is 19.0 Å². The highest BCUT2D eigenvalue weighted by Gasteiger charge is 2.36. The van der Waals surface area contributed by atoms with Crippen molar-refractivity contribution in [2.24, 2.45) is 0 Å². The van der Waals surface area contributed by atoms with Crippen LogP contribution in [-0.4, -0.2) is 42.3 Å². The number of rotatable bonds is 8. The van der Waals surface area contributed by atoms with E-state index in [1.807, 2.05) is 0 Å². The average molecular weight is 445 g/mol. The predicted molar refractivity (Wildman–Crippen MR) is 113 cm³/mol. The Bertz CT molecular complexity index is 1040. The van der Waals surface area contributed by atoms with Gasteiger partial charge in [0.15, 0.2) is 11.5 Å². The van der Waals surface area contributed by atoms with Gasteiger partial charge in [-0.25, -0.2) is 4.39 Å². The lowest BCUT2D eigenvalue weighted by molar-refractivity contribution is -0.145. The maximum Gasteiger partial charge on any atom is 0.326 e. The zero-order chi connectivity index (χ0) is 22.4. The van der Waals surface area contributed by atoms with E-state index >= 15 is 0 Å². The highest BCUT2D eigenvalue weighted by atomic mass is 32.2. The van der Waals surface area contributed by atoms with Gasteiger partial charge in [-0.1, -0.05) is 24.3 Å². The summed E-state index contributed by atoms with van der Waals surface area (Å²) in [7, 11) is 1.46. The Kier molecular flexibility index (Phi) is 7.30. The van der Waals surface area contributed by atoms with Gasteiger partial charge in [0.25, 0.3) is 11.1 Å². The Morgan fingerprint density at radius 2 is 1.94 bits per heavy atom. The fourth-order valence-electron chi connectivity index (χ4n) is 2.79. The van der Waals surface area contributed by atoms with Crippen molar-refractivity contribution in [1.29, 1.82) is 0 Å². The minimum absolute atomic E-state index is 0.0229. The zero-order valence-electron chi connectivity index (χ0n) is 16.9. The fourth-order valence-corrected chi connectivity index (χ4v) is 3.63. The number of benzene rings is 2. The van der Waals surface area contributed by atoms with Crippen molar-refractivity contribution in [3.8, 4) is 11.5 Å². The van der Waals surface area contributed by atoms with E-state index in [0.717, 1.165) is 16.7 Å². The van der Waals surface area contributed by atoms with Crippen molar-refractivity contribution in [3.05, 3.63) is 64.3 Å². The van der Waals surface area contributed by atoms with Crippen LogP contribution in [0.15, 0.2) is 47.4 Å². The maximum absolute atomic E-state index is 13.8. The van der Waals surface area contributed by atoms with Gasteiger partial charge < -0.3 is 14.2 Å². The van der Waals surface area contributed by atoms with E-state index in [0.29, 0.717) is 22.6 Å². The second-order valence-corrected chi connectivity index (χ2v) is 7.36. The molecule has 0 saturated carbocycles. The molecule has 1 heterocycles. The first-order valence-electron chi connectivity index (χ1n) is 9.38. The summed E-state index contributed by atoms with van der Waals surface area (Å²) in [5, 5.41) is -0.541. The maximum atomic E-state index is 13.8. The van der Waals surface area contributed by atoms with E-state index in [1.54, 1.807) is 43.3 Å². The molecular formula is C22H20FNO6S. The van der Waals surface area contributed by atoms with Crippen LogP contribution in [0.25, 0.3) is 6.08 Å². The second kappa shape index (κ2) is 10.1. The van der Waals surface area contributed by atoms with Gasteiger partial charge in [-0.05, 0) is 48.5 Å². The summed E-state index contributed by atoms with van der Waals surface area (Å²) in [6.45, 7) is 1.40. The molecule has 1 fully saturated rings. The number of hydrogen-bond acceptors (Lipinski definition) is 7. The molecule has 1 aliphatic rings. The summed E-state index contributed by atoms with van der Waals surface area (Å²) in [6.07, 6.45) is 1.53. The van der Waals surface area contributed by atoms with E-state index < -0.39 is 23.7 Å². The number of hydrogen-bond donors (Lipinski definition) is 0. The molecular weight excluding hydrogens is 425 g/mol. The summed E-state index contributed by atoms with van der Waals surface area (Å²) in [6, 6.07) is 11.2. The van der Waals surface area contributed by atoms with Crippen molar-refractivity contribution in [1.82, 2.24) is 4.90 Å². The highest BCUT2D eigenvalue weighted by Crippen LogP contribution is 2.34. The molecule has 2 aromatic carbocycles. The lowest BCUT2D eigenvalue weighted by Crippen LogP contribution is -2.34. The SMILES string of the molecule is CCOC(=O)CN1C(=O)S/C(=C\c2ccc(OCc3ccccc3F)c(OC)c2)C1=O. The van der Waals surface area contributed by atoms with Crippen LogP contribution in [0.2, 0.25) is 0 Å². The second-order valence-electron chi connectivity index (χ2n) is 6.36. The molecule has 0 aliphatic carbocycles. The van der Waals surface area contributed by atoms with Crippen LogP contribution >= 0.6 is 11.8 Å². The van der Waals surface area contributed by atoms with Crippen molar-refractivity contribution < 1.29 is 33.0 Å². The standard InChI is InChI=1S/C22H20FNO6S/c1-3-29-20(25)12-24-21(26)19(31-22(24)27)11-14-8-9-17(18(10-14)28-2)30-13-15-6-4-5-7-16(15)23/h4-11H,3,12-13H2,1-2H3/b19-11-. The molecule has 0 radical (unpaired) electrons. The number of imide groups is 1. The number of amides is 2. The number of ether oxygens (including phenoxy) is 3. The molecule has 1 aliphatic heterocycles. The van der Waals surface area contributed by atoms with Crippen molar-refractivity contribution >= 4 is 35.0 Å². The Morgan fingerprint density at radius 3 is 2.65 bits per heavy atom. The van der Waals surface area contributed by atoms with E-state index in [9.17, 15) is 18.8 Å². The Morgan fingerprint density at radius 1 is 1.16 bits per heavy atom. The molecule has 0 spiro atoms. The van der Waals surface area contributed by atoms with Gasteiger partial charge in [-0.2, -0.15) is 0 Å². The Hall–Kier alpha value is -3.33. The van der Waals surface area contributed by atoms with Crippen molar-refractivity contribution in [2.45, 2.75) is 13.5 Å². The average Bonchev–Trinajstić information content (AvgIpc) is 3.01. The van der Waals surface area contributed by atoms with Crippen molar-refractivity contribution in [3.63, 3.8) is 0 Å². The Balaban J connectivity index is 1.74. The Labute approximate surface area is 182 Å². The molecule has 162 valence electrons. The summed E-state index contributed by atoms with van der Waals surface area (Å²) >= 11 is 0.741. The predicted octanol–water partition coefficient (Wildman–Crippen LogP) is 4.01. The van der Waals surface area contributed by atoms with Crippen LogP contribution < -0.4 is 9.47 Å². The normalized spacial score (nSPS) is 14.8. The molecule has 31 heavy (non-hydrogen) atoms. The van der Waals surface area contributed by atoms with Gasteiger partial charge >= 0.3 is 5.97 Å². The molecule has 7 nitrogen and oxygen atoms in total. The third-order valence-corrected chi connectivity index (χ3v) is 5.20. The van der Waals surface area contributed by atoms with Crippen LogP contribution in [0.3, 0.4) is 0 Å². The minimum Gasteiger partial charge on any atom is -0.493 e. The number of carbonyl (C=O) groups excluding carboxylic acids is 3. The van der Waals surface area contributed by atoms with E-state index in [1.165, 1.54) is 19.3 Å². The zero-order valence-corrected chi connectivity index (χ0v) is 17.7. The summed E-state index contributed by atoms with van der Waals surface area (Å²) in [5.74, 6) is -0.795. The number of nitrogens with zero attached hydrogens (tertiary/aromatic N) is 1. The van der Waals surface area contributed by atoms with E-state index in [2.05, 4.69) is 0 Å². The van der Waals surface area contributed by atoms with Crippen LogP contribution in [0, 0.1) is 5.82 Å². The van der Waals surface area contributed by atoms with Gasteiger partial charge in [0.05, 0.1) is 18.6 Å². The molecule has 2 amide bonds. The number of carbonyl (C=O) groups is 3. The van der Waals surface area contributed by atoms with Crippen LogP contribution in [0.5, 0.6) is 11.5 Å². The van der Waals surface area contributed by atoms with Gasteiger partial charge in [0.2, 0.25) is 0 Å². The third-order valence-electron chi connectivity index (χ3n) is 4.29. The molecule has 1 saturated heterocycles. The highest BCUT2D eigenvalue weighted by molar-refractivity contribution is 8.18. The summed E-state index contributed by atoms with van der Waals surface area (Å²) in [4.78, 5) is 37.2. The third kappa shape index (κ3) is 5.43. The summed E-state index contributed by atoms with van der Waals surface area (Å²) < 4.78 is 29.6. The molecule has 3 rings (SSSR count). The monoisotopic (exact) mass is 445 g/mol. The number of methoxy groups -OCH3 is 1. The smallest absolute Gasteiger partial charge is 0.326 e. The number of halogens is 1. The number of thioether (sulfide) groups is 1. The topological polar surface area (TPSA) is 82.1 Å². The largest absolute Gasteiger partial charge is 0.493 e. The molecule has 2 aromatic rings. The van der Waals surface area contributed by atoms with Gasteiger partial charge in [-0.3, -0.25) is 19.3 Å². The molecule has 0 aromatic heterocycles. The molecule has 0 N–H and O–H groups in total. The first-order chi connectivity index (χ1) is 14.9. The van der Waals surface area contributed by atoms with E-state index in [4.69, 9.17) is 14.2 Å². The fraction of sp³-hybridized carbons (Fsp3) is 0.227. The first-order valence-corrected chi connectivity index (χ1v) is 10.2. The van der Waals surface area contributed by atoms with E-state index in [-0.39, 0.29) is 23.9 Å². The lowest BCUT2D eigenvalue weighted by atomic mass is 10.1. The molecule has 0 atom stereocenters. The van der Waals surface area contributed by atoms with Gasteiger partial charge in [-0.15, -0.1) is 0 Å². The lowest BCUT2D eigenvalue weighted by Gasteiger charge is -2.12. The van der Waals surface area contributed by atoms with Crippen molar-refractivity contribution in [2.75, 3.05) is 20.3 Å². The molecule has 9 heteroatoms. The molecule has 0 unspecified atom stereocenters. The molecule has 0 bridgehead atoms.